The molecule has 0 radical (unpaired) electrons. The van der Waals surface area contributed by atoms with Gasteiger partial charge in [-0.2, -0.15) is 0 Å². The first-order valence-corrected chi connectivity index (χ1v) is 9.98. The summed E-state index contributed by atoms with van der Waals surface area (Å²) in [5.41, 5.74) is 3.64. The molecule has 1 aliphatic carbocycles. The van der Waals surface area contributed by atoms with Crippen LogP contribution in [0.2, 0.25) is 0 Å². The number of hydrogen-bond donors (Lipinski definition) is 2. The molecule has 1 unspecified atom stereocenters. The predicted molar refractivity (Wildman–Crippen MR) is 110 cm³/mol. The van der Waals surface area contributed by atoms with Crippen molar-refractivity contribution in [2.45, 2.75) is 32.1 Å². The number of rotatable bonds is 3. The van der Waals surface area contributed by atoms with E-state index in [4.69, 9.17) is 9.47 Å². The Hall–Kier alpha value is -3.61. The van der Waals surface area contributed by atoms with Crippen molar-refractivity contribution in [2.24, 2.45) is 0 Å². The molecule has 2 N–H and O–H groups in total. The van der Waals surface area contributed by atoms with Crippen LogP contribution < -0.4 is 20.1 Å². The highest BCUT2D eigenvalue weighted by Crippen LogP contribution is 2.45. The van der Waals surface area contributed by atoms with Crippen LogP contribution in [0.1, 0.15) is 37.7 Å². The Labute approximate surface area is 173 Å². The first kappa shape index (κ1) is 18.4. The average molecular weight is 403 g/mol. The monoisotopic (exact) mass is 403 g/mol. The standard InChI is InChI=1S/C23H21N3O4/c1-13-20(23(28)26-19-7-2-3-10-24-19)21(22-15(25-13)5-4-6-16(22)27)14-8-9-17-18(11-14)30-12-29-17/h2-3,7-11,21,25H,4-6,12H2,1H3,(H,24,26,28). The van der Waals surface area contributed by atoms with E-state index >= 15 is 0 Å². The van der Waals surface area contributed by atoms with Crippen LogP contribution in [0.5, 0.6) is 11.5 Å². The molecule has 3 aliphatic rings. The molecule has 152 valence electrons. The maximum Gasteiger partial charge on any atom is 0.255 e. The van der Waals surface area contributed by atoms with Crippen molar-refractivity contribution < 1.29 is 19.1 Å². The van der Waals surface area contributed by atoms with Gasteiger partial charge < -0.3 is 20.1 Å². The van der Waals surface area contributed by atoms with Crippen LogP contribution in [-0.2, 0) is 9.59 Å². The Morgan fingerprint density at radius 1 is 1.17 bits per heavy atom. The van der Waals surface area contributed by atoms with Crippen LogP contribution in [0, 0.1) is 0 Å². The number of hydrogen-bond acceptors (Lipinski definition) is 6. The number of fused-ring (bicyclic) bond motifs is 1. The number of nitrogens with one attached hydrogen (secondary N) is 2. The summed E-state index contributed by atoms with van der Waals surface area (Å²) in [4.78, 5) is 30.5. The highest BCUT2D eigenvalue weighted by molar-refractivity contribution is 6.09. The van der Waals surface area contributed by atoms with Gasteiger partial charge in [-0.05, 0) is 49.6 Å². The first-order chi connectivity index (χ1) is 14.6. The minimum Gasteiger partial charge on any atom is -0.454 e. The van der Waals surface area contributed by atoms with Gasteiger partial charge in [0.2, 0.25) is 6.79 Å². The molecule has 1 amide bonds. The Balaban J connectivity index is 1.60. The molecule has 2 aliphatic heterocycles. The lowest BCUT2D eigenvalue weighted by Gasteiger charge is -2.34. The van der Waals surface area contributed by atoms with Gasteiger partial charge >= 0.3 is 0 Å². The number of nitrogens with zero attached hydrogens (tertiary/aromatic N) is 1. The lowest BCUT2D eigenvalue weighted by atomic mass is 9.75. The number of dihydropyridines is 1. The van der Waals surface area contributed by atoms with Crippen molar-refractivity contribution in [3.8, 4) is 11.5 Å². The Kier molecular flexibility index (Phi) is 4.50. The molecule has 1 aromatic heterocycles. The fourth-order valence-corrected chi connectivity index (χ4v) is 4.33. The third-order valence-electron chi connectivity index (χ3n) is 5.66. The van der Waals surface area contributed by atoms with Gasteiger partial charge in [0, 0.05) is 41.1 Å². The van der Waals surface area contributed by atoms with Crippen molar-refractivity contribution >= 4 is 17.5 Å². The molecule has 0 saturated heterocycles. The zero-order chi connectivity index (χ0) is 20.7. The highest BCUT2D eigenvalue weighted by atomic mass is 16.7. The first-order valence-electron chi connectivity index (χ1n) is 9.98. The van der Waals surface area contributed by atoms with Gasteiger partial charge in [-0.3, -0.25) is 9.59 Å². The van der Waals surface area contributed by atoms with E-state index in [0.717, 1.165) is 29.8 Å². The topological polar surface area (TPSA) is 89.6 Å². The van der Waals surface area contributed by atoms with E-state index < -0.39 is 5.92 Å². The molecule has 3 heterocycles. The van der Waals surface area contributed by atoms with Gasteiger partial charge in [0.15, 0.2) is 17.3 Å². The summed E-state index contributed by atoms with van der Waals surface area (Å²) in [6, 6.07) is 10.9. The number of allylic oxidation sites excluding steroid dienone is 3. The van der Waals surface area contributed by atoms with Gasteiger partial charge in [-0.1, -0.05) is 12.1 Å². The molecular formula is C23H21N3O4. The van der Waals surface area contributed by atoms with Crippen LogP contribution in [0.25, 0.3) is 0 Å². The molecule has 7 heteroatoms. The van der Waals surface area contributed by atoms with E-state index in [2.05, 4.69) is 15.6 Å². The maximum atomic E-state index is 13.3. The number of ketones is 1. The summed E-state index contributed by atoms with van der Waals surface area (Å²) >= 11 is 0. The summed E-state index contributed by atoms with van der Waals surface area (Å²) in [5.74, 6) is 1.05. The van der Waals surface area contributed by atoms with E-state index in [9.17, 15) is 9.59 Å². The summed E-state index contributed by atoms with van der Waals surface area (Å²) < 4.78 is 11.0. The predicted octanol–water partition coefficient (Wildman–Crippen LogP) is 3.42. The van der Waals surface area contributed by atoms with Gasteiger partial charge in [0.25, 0.3) is 5.91 Å². The zero-order valence-corrected chi connectivity index (χ0v) is 16.5. The Bertz CT molecular complexity index is 1100. The zero-order valence-electron chi connectivity index (χ0n) is 16.5. The molecule has 5 rings (SSSR count). The lowest BCUT2D eigenvalue weighted by Crippen LogP contribution is -2.35. The molecule has 1 atom stereocenters. The largest absolute Gasteiger partial charge is 0.454 e. The molecule has 0 fully saturated rings. The van der Waals surface area contributed by atoms with Crippen LogP contribution >= 0.6 is 0 Å². The molecule has 30 heavy (non-hydrogen) atoms. The van der Waals surface area contributed by atoms with Crippen molar-refractivity contribution in [3.05, 3.63) is 70.7 Å². The van der Waals surface area contributed by atoms with Crippen LogP contribution in [0.4, 0.5) is 5.82 Å². The second-order valence-electron chi connectivity index (χ2n) is 7.55. The summed E-state index contributed by atoms with van der Waals surface area (Å²) in [7, 11) is 0. The van der Waals surface area contributed by atoms with E-state index in [1.807, 2.05) is 31.2 Å². The normalized spacial score (nSPS) is 20.0. The summed E-state index contributed by atoms with van der Waals surface area (Å²) in [6.45, 7) is 2.04. The van der Waals surface area contributed by atoms with Crippen molar-refractivity contribution in [1.29, 1.82) is 0 Å². The van der Waals surface area contributed by atoms with Crippen molar-refractivity contribution in [2.75, 3.05) is 12.1 Å². The van der Waals surface area contributed by atoms with Crippen LogP contribution in [-0.4, -0.2) is 23.5 Å². The highest BCUT2D eigenvalue weighted by Gasteiger charge is 2.39. The van der Waals surface area contributed by atoms with Crippen LogP contribution in [0.3, 0.4) is 0 Å². The number of ether oxygens (including phenoxy) is 2. The van der Waals surface area contributed by atoms with Crippen molar-refractivity contribution in [3.63, 3.8) is 0 Å². The van der Waals surface area contributed by atoms with Crippen molar-refractivity contribution in [1.82, 2.24) is 10.3 Å². The number of benzene rings is 1. The van der Waals surface area contributed by atoms with E-state index in [1.54, 1.807) is 18.3 Å². The Morgan fingerprint density at radius 2 is 2.03 bits per heavy atom. The second kappa shape index (κ2) is 7.33. The number of Topliss-reactive ketones (excluding diaryl/α,β-unsaturated/α-hetero) is 1. The summed E-state index contributed by atoms with van der Waals surface area (Å²) in [5, 5.41) is 6.19. The molecule has 0 bridgehead atoms. The van der Waals surface area contributed by atoms with E-state index in [1.165, 1.54) is 0 Å². The number of pyridine rings is 1. The molecule has 1 aromatic carbocycles. The quantitative estimate of drug-likeness (QED) is 0.816. The van der Waals surface area contributed by atoms with Gasteiger partial charge in [0.1, 0.15) is 5.82 Å². The molecular weight excluding hydrogens is 382 g/mol. The lowest BCUT2D eigenvalue weighted by molar-refractivity contribution is -0.116. The molecule has 2 aromatic rings. The molecule has 0 saturated carbocycles. The fourth-order valence-electron chi connectivity index (χ4n) is 4.33. The molecule has 0 spiro atoms. The number of carbonyl (C=O) groups excluding carboxylic acids is 2. The maximum absolute atomic E-state index is 13.3. The minimum absolute atomic E-state index is 0.0713. The van der Waals surface area contributed by atoms with Crippen LogP contribution in [0.15, 0.2) is 65.1 Å². The number of anilines is 1. The van der Waals surface area contributed by atoms with E-state index in [0.29, 0.717) is 34.9 Å². The van der Waals surface area contributed by atoms with Gasteiger partial charge in [-0.25, -0.2) is 4.98 Å². The number of carbonyl (C=O) groups is 2. The third kappa shape index (κ3) is 3.12. The Morgan fingerprint density at radius 3 is 2.87 bits per heavy atom. The number of aromatic nitrogens is 1. The molecule has 7 nitrogen and oxygen atoms in total. The second-order valence-corrected chi connectivity index (χ2v) is 7.55. The van der Waals surface area contributed by atoms with E-state index in [-0.39, 0.29) is 18.5 Å². The van der Waals surface area contributed by atoms with Gasteiger partial charge in [0.05, 0.1) is 0 Å². The number of amides is 1. The summed E-state index contributed by atoms with van der Waals surface area (Å²) in [6.07, 6.45) is 3.70. The smallest absolute Gasteiger partial charge is 0.255 e. The minimum atomic E-state index is -0.479. The third-order valence-corrected chi connectivity index (χ3v) is 5.66. The SMILES string of the molecule is CC1=C(C(=O)Nc2ccccn2)C(c2ccc3c(c2)OCO3)C2=C(CCCC2=O)N1. The average Bonchev–Trinajstić information content (AvgIpc) is 3.21. The fraction of sp³-hybridized carbons (Fsp3) is 0.261. The van der Waals surface area contributed by atoms with Gasteiger partial charge in [-0.15, -0.1) is 0 Å².